The summed E-state index contributed by atoms with van der Waals surface area (Å²) in [4.78, 5) is 0. The Bertz CT molecular complexity index is 507. The maximum absolute atomic E-state index is 5.59. The summed E-state index contributed by atoms with van der Waals surface area (Å²) in [5, 5.41) is 4.12. The van der Waals surface area contributed by atoms with Crippen LogP contribution in [0.1, 0.15) is 18.2 Å². The Morgan fingerprint density at radius 2 is 2.05 bits per heavy atom. The smallest absolute Gasteiger partial charge is 0.147 e. The molecule has 0 saturated carbocycles. The first kappa shape index (κ1) is 14.2. The van der Waals surface area contributed by atoms with E-state index < -0.39 is 0 Å². The molecular formula is C15H20N2OS. The van der Waals surface area contributed by atoms with Crippen LogP contribution in [0.25, 0.3) is 11.3 Å². The van der Waals surface area contributed by atoms with Gasteiger partial charge in [-0.25, -0.2) is 0 Å². The number of hydrogen-bond acceptors (Lipinski definition) is 4. The van der Waals surface area contributed by atoms with E-state index in [0.717, 1.165) is 35.1 Å². The summed E-state index contributed by atoms with van der Waals surface area (Å²) < 4.78 is 5.36. The van der Waals surface area contributed by atoms with E-state index in [1.807, 2.05) is 17.8 Å². The minimum atomic E-state index is 0.546. The van der Waals surface area contributed by atoms with Gasteiger partial charge in [-0.05, 0) is 25.1 Å². The average Bonchev–Trinajstić information content (AvgIpc) is 2.88. The Kier molecular flexibility index (Phi) is 5.05. The number of aromatic nitrogens is 1. The molecule has 0 spiro atoms. The van der Waals surface area contributed by atoms with Crippen LogP contribution in [-0.2, 0) is 5.75 Å². The Morgan fingerprint density at radius 3 is 2.74 bits per heavy atom. The molecule has 1 atom stereocenters. The Morgan fingerprint density at radius 1 is 1.32 bits per heavy atom. The third kappa shape index (κ3) is 4.11. The van der Waals surface area contributed by atoms with Gasteiger partial charge in [0, 0.05) is 11.6 Å². The van der Waals surface area contributed by atoms with Gasteiger partial charge in [0.2, 0.25) is 0 Å². The number of nitrogens with two attached hydrogens (primary N) is 1. The van der Waals surface area contributed by atoms with Gasteiger partial charge in [0.1, 0.15) is 11.5 Å². The van der Waals surface area contributed by atoms with E-state index in [-0.39, 0.29) is 0 Å². The first-order chi connectivity index (χ1) is 9.19. The SMILES string of the molecule is Cc1ccc(-c2cc(CSCC(C)CN)on2)cc1. The summed E-state index contributed by atoms with van der Waals surface area (Å²) in [6.07, 6.45) is 0. The van der Waals surface area contributed by atoms with Crippen molar-refractivity contribution in [3.05, 3.63) is 41.7 Å². The van der Waals surface area contributed by atoms with Crippen molar-refractivity contribution >= 4 is 11.8 Å². The molecule has 3 nitrogen and oxygen atoms in total. The van der Waals surface area contributed by atoms with Crippen LogP contribution in [0, 0.1) is 12.8 Å². The molecule has 0 saturated heterocycles. The fourth-order valence-corrected chi connectivity index (χ4v) is 2.66. The molecule has 2 aromatic rings. The third-order valence-corrected chi connectivity index (χ3v) is 4.25. The van der Waals surface area contributed by atoms with Crippen molar-refractivity contribution in [2.45, 2.75) is 19.6 Å². The molecule has 2 N–H and O–H groups in total. The van der Waals surface area contributed by atoms with E-state index in [0.29, 0.717) is 5.92 Å². The number of hydrogen-bond donors (Lipinski definition) is 1. The van der Waals surface area contributed by atoms with Crippen molar-refractivity contribution in [1.82, 2.24) is 5.16 Å². The molecule has 0 aliphatic heterocycles. The maximum Gasteiger partial charge on any atom is 0.147 e. The number of thioether (sulfide) groups is 1. The van der Waals surface area contributed by atoms with Gasteiger partial charge in [0.25, 0.3) is 0 Å². The van der Waals surface area contributed by atoms with E-state index in [2.05, 4.69) is 43.3 Å². The molecule has 0 fully saturated rings. The van der Waals surface area contributed by atoms with E-state index in [1.165, 1.54) is 5.56 Å². The lowest BCUT2D eigenvalue weighted by molar-refractivity contribution is 0.397. The quantitative estimate of drug-likeness (QED) is 0.877. The second-order valence-electron chi connectivity index (χ2n) is 4.90. The number of rotatable bonds is 6. The molecule has 1 unspecified atom stereocenters. The van der Waals surface area contributed by atoms with Crippen LogP contribution in [0.2, 0.25) is 0 Å². The molecule has 1 aromatic carbocycles. The standard InChI is InChI=1S/C15H20N2OS/c1-11-3-5-13(6-4-11)15-7-14(18-17-15)10-19-9-12(2)8-16/h3-7,12H,8-10,16H2,1-2H3. The fraction of sp³-hybridized carbons (Fsp3) is 0.400. The highest BCUT2D eigenvalue weighted by Crippen LogP contribution is 2.22. The van der Waals surface area contributed by atoms with Crippen LogP contribution in [0.4, 0.5) is 0 Å². The molecule has 0 radical (unpaired) electrons. The fourth-order valence-electron chi connectivity index (χ4n) is 1.67. The normalized spacial score (nSPS) is 12.6. The van der Waals surface area contributed by atoms with Gasteiger partial charge in [-0.3, -0.25) is 0 Å². The maximum atomic E-state index is 5.59. The third-order valence-electron chi connectivity index (χ3n) is 2.96. The van der Waals surface area contributed by atoms with Crippen molar-refractivity contribution in [3.63, 3.8) is 0 Å². The predicted octanol–water partition coefficient (Wildman–Crippen LogP) is 3.48. The van der Waals surface area contributed by atoms with E-state index >= 15 is 0 Å². The Balaban J connectivity index is 1.93. The van der Waals surface area contributed by atoms with Crippen LogP contribution in [-0.4, -0.2) is 17.5 Å². The minimum absolute atomic E-state index is 0.546. The zero-order valence-electron chi connectivity index (χ0n) is 11.4. The van der Waals surface area contributed by atoms with Crippen LogP contribution >= 0.6 is 11.8 Å². The molecule has 0 amide bonds. The largest absolute Gasteiger partial charge is 0.360 e. The second kappa shape index (κ2) is 6.78. The van der Waals surface area contributed by atoms with Gasteiger partial charge in [0.05, 0.1) is 5.75 Å². The molecule has 0 aliphatic carbocycles. The highest BCUT2D eigenvalue weighted by Gasteiger charge is 2.07. The first-order valence-corrected chi connectivity index (χ1v) is 7.65. The summed E-state index contributed by atoms with van der Waals surface area (Å²) in [5.74, 6) is 3.37. The van der Waals surface area contributed by atoms with Gasteiger partial charge >= 0.3 is 0 Å². The molecule has 19 heavy (non-hydrogen) atoms. The van der Waals surface area contributed by atoms with Crippen LogP contribution < -0.4 is 5.73 Å². The number of aryl methyl sites for hydroxylation is 1. The molecular weight excluding hydrogens is 256 g/mol. The van der Waals surface area contributed by atoms with E-state index in [9.17, 15) is 0 Å². The molecule has 0 bridgehead atoms. The lowest BCUT2D eigenvalue weighted by atomic mass is 10.1. The monoisotopic (exact) mass is 276 g/mol. The molecule has 1 heterocycles. The van der Waals surface area contributed by atoms with Gasteiger partial charge in [-0.2, -0.15) is 11.8 Å². The topological polar surface area (TPSA) is 52.0 Å². The first-order valence-electron chi connectivity index (χ1n) is 6.49. The lowest BCUT2D eigenvalue weighted by Crippen LogP contribution is -2.12. The van der Waals surface area contributed by atoms with Gasteiger partial charge in [0.15, 0.2) is 0 Å². The van der Waals surface area contributed by atoms with Gasteiger partial charge in [-0.15, -0.1) is 0 Å². The zero-order chi connectivity index (χ0) is 13.7. The van der Waals surface area contributed by atoms with Crippen molar-refractivity contribution < 1.29 is 4.52 Å². The Labute approximate surface area is 118 Å². The summed E-state index contributed by atoms with van der Waals surface area (Å²) in [6, 6.07) is 10.3. The van der Waals surface area contributed by atoms with Crippen molar-refractivity contribution in [1.29, 1.82) is 0 Å². The van der Waals surface area contributed by atoms with Crippen LogP contribution in [0.5, 0.6) is 0 Å². The highest BCUT2D eigenvalue weighted by molar-refractivity contribution is 7.98. The molecule has 4 heteroatoms. The predicted molar refractivity (Wildman–Crippen MR) is 81.1 cm³/mol. The number of nitrogens with zero attached hydrogens (tertiary/aromatic N) is 1. The summed E-state index contributed by atoms with van der Waals surface area (Å²) in [7, 11) is 0. The molecule has 1 aromatic heterocycles. The summed E-state index contributed by atoms with van der Waals surface area (Å²) >= 11 is 1.84. The summed E-state index contributed by atoms with van der Waals surface area (Å²) in [5.41, 5.74) is 8.85. The van der Waals surface area contributed by atoms with Crippen LogP contribution in [0.15, 0.2) is 34.9 Å². The van der Waals surface area contributed by atoms with Crippen molar-refractivity contribution in [2.24, 2.45) is 11.7 Å². The molecule has 0 aliphatic rings. The molecule has 2 rings (SSSR count). The number of benzene rings is 1. The molecule has 102 valence electrons. The highest BCUT2D eigenvalue weighted by atomic mass is 32.2. The van der Waals surface area contributed by atoms with Gasteiger partial charge in [-0.1, -0.05) is 41.9 Å². The van der Waals surface area contributed by atoms with Gasteiger partial charge < -0.3 is 10.3 Å². The van der Waals surface area contributed by atoms with E-state index in [1.54, 1.807) is 0 Å². The van der Waals surface area contributed by atoms with Crippen LogP contribution in [0.3, 0.4) is 0 Å². The zero-order valence-corrected chi connectivity index (χ0v) is 12.2. The average molecular weight is 276 g/mol. The lowest BCUT2D eigenvalue weighted by Gasteiger charge is -2.05. The van der Waals surface area contributed by atoms with E-state index in [4.69, 9.17) is 10.3 Å². The van der Waals surface area contributed by atoms with Crippen molar-refractivity contribution in [2.75, 3.05) is 12.3 Å². The minimum Gasteiger partial charge on any atom is -0.360 e. The summed E-state index contributed by atoms with van der Waals surface area (Å²) in [6.45, 7) is 4.97. The van der Waals surface area contributed by atoms with Crippen molar-refractivity contribution in [3.8, 4) is 11.3 Å². The second-order valence-corrected chi connectivity index (χ2v) is 5.93. The Hall–Kier alpha value is -1.26.